The number of hydrogen-bond donors (Lipinski definition) is 1. The van der Waals surface area contributed by atoms with Crippen LogP contribution in [0.1, 0.15) is 23.6 Å². The molecule has 0 aliphatic heterocycles. The molecular formula is C19H18F3N3O. The minimum absolute atomic E-state index is 0.0769. The average Bonchev–Trinajstić information content (AvgIpc) is 2.64. The SMILES string of the molecule is CCN(CC(=O)NCc1ccccc1)c1ccc(C#N)c(C(F)(F)F)c1. The van der Waals surface area contributed by atoms with Crippen LogP contribution in [0.3, 0.4) is 0 Å². The fraction of sp³-hybridized carbons (Fsp3) is 0.263. The van der Waals surface area contributed by atoms with Gasteiger partial charge < -0.3 is 10.2 Å². The summed E-state index contributed by atoms with van der Waals surface area (Å²) in [6.07, 6.45) is -4.63. The number of carbonyl (C=O) groups is 1. The molecule has 0 aliphatic rings. The second-order valence-electron chi connectivity index (χ2n) is 5.62. The molecule has 7 heteroatoms. The Morgan fingerprint density at radius 1 is 1.19 bits per heavy atom. The quantitative estimate of drug-likeness (QED) is 0.853. The Balaban J connectivity index is 2.10. The van der Waals surface area contributed by atoms with Crippen molar-refractivity contribution in [1.82, 2.24) is 5.32 Å². The van der Waals surface area contributed by atoms with Crippen LogP contribution in [0, 0.1) is 11.3 Å². The Morgan fingerprint density at radius 3 is 2.46 bits per heavy atom. The highest BCUT2D eigenvalue weighted by atomic mass is 19.4. The monoisotopic (exact) mass is 361 g/mol. The van der Waals surface area contributed by atoms with Crippen molar-refractivity contribution < 1.29 is 18.0 Å². The summed E-state index contributed by atoms with van der Waals surface area (Å²) in [7, 11) is 0. The normalized spacial score (nSPS) is 10.9. The minimum Gasteiger partial charge on any atom is -0.362 e. The lowest BCUT2D eigenvalue weighted by Gasteiger charge is -2.24. The van der Waals surface area contributed by atoms with Crippen LogP contribution in [0.25, 0.3) is 0 Å². The van der Waals surface area contributed by atoms with E-state index in [1.165, 1.54) is 11.0 Å². The molecule has 0 fully saturated rings. The molecule has 136 valence electrons. The zero-order valence-corrected chi connectivity index (χ0v) is 14.2. The molecule has 0 radical (unpaired) electrons. The summed E-state index contributed by atoms with van der Waals surface area (Å²) >= 11 is 0. The van der Waals surface area contributed by atoms with E-state index in [4.69, 9.17) is 5.26 Å². The van der Waals surface area contributed by atoms with Crippen LogP contribution >= 0.6 is 0 Å². The summed E-state index contributed by atoms with van der Waals surface area (Å²) in [6.45, 7) is 2.36. The Morgan fingerprint density at radius 2 is 1.88 bits per heavy atom. The van der Waals surface area contributed by atoms with Gasteiger partial charge in [-0.3, -0.25) is 4.79 Å². The van der Waals surface area contributed by atoms with E-state index in [-0.39, 0.29) is 18.1 Å². The number of nitrogens with one attached hydrogen (secondary N) is 1. The standard InChI is InChI=1S/C19H18F3N3O/c1-2-25(13-18(26)24-12-14-6-4-3-5-7-14)16-9-8-15(11-23)17(10-16)19(20,21)22/h3-10H,2,12-13H2,1H3,(H,24,26). The first-order valence-electron chi connectivity index (χ1n) is 8.02. The number of carbonyl (C=O) groups excluding carboxylic acids is 1. The largest absolute Gasteiger partial charge is 0.417 e. The Labute approximate surface area is 149 Å². The molecule has 2 aromatic rings. The first kappa shape index (κ1) is 19.3. The number of halogens is 3. The van der Waals surface area contributed by atoms with Crippen molar-refractivity contribution in [1.29, 1.82) is 5.26 Å². The van der Waals surface area contributed by atoms with Crippen molar-refractivity contribution in [3.8, 4) is 6.07 Å². The molecule has 0 saturated heterocycles. The van der Waals surface area contributed by atoms with Gasteiger partial charge >= 0.3 is 6.18 Å². The van der Waals surface area contributed by atoms with Gasteiger partial charge in [-0.15, -0.1) is 0 Å². The maximum absolute atomic E-state index is 13.1. The summed E-state index contributed by atoms with van der Waals surface area (Å²) in [5.41, 5.74) is -0.262. The number of hydrogen-bond acceptors (Lipinski definition) is 3. The maximum Gasteiger partial charge on any atom is 0.417 e. The van der Waals surface area contributed by atoms with Crippen LogP contribution in [0.2, 0.25) is 0 Å². The van der Waals surface area contributed by atoms with E-state index in [1.54, 1.807) is 13.0 Å². The first-order chi connectivity index (χ1) is 12.3. The molecule has 0 spiro atoms. The highest BCUT2D eigenvalue weighted by molar-refractivity contribution is 5.81. The van der Waals surface area contributed by atoms with Gasteiger partial charge in [0.15, 0.2) is 0 Å². The summed E-state index contributed by atoms with van der Waals surface area (Å²) in [4.78, 5) is 13.7. The fourth-order valence-electron chi connectivity index (χ4n) is 2.47. The lowest BCUT2D eigenvalue weighted by atomic mass is 10.1. The van der Waals surface area contributed by atoms with Crippen molar-refractivity contribution in [2.45, 2.75) is 19.6 Å². The molecule has 4 nitrogen and oxygen atoms in total. The third kappa shape index (κ3) is 4.99. The highest BCUT2D eigenvalue weighted by Crippen LogP contribution is 2.34. The van der Waals surface area contributed by atoms with Crippen molar-refractivity contribution in [2.75, 3.05) is 18.0 Å². The summed E-state index contributed by atoms with van der Waals surface area (Å²) in [5.74, 6) is -0.298. The Kier molecular flexibility index (Phi) is 6.23. The van der Waals surface area contributed by atoms with Crippen LogP contribution < -0.4 is 10.2 Å². The van der Waals surface area contributed by atoms with Crippen LogP contribution in [0.15, 0.2) is 48.5 Å². The lowest BCUT2D eigenvalue weighted by Crippen LogP contribution is -2.37. The molecule has 0 aliphatic carbocycles. The van der Waals surface area contributed by atoms with Crippen LogP contribution in [-0.4, -0.2) is 19.0 Å². The fourth-order valence-corrected chi connectivity index (χ4v) is 2.47. The molecule has 0 atom stereocenters. The van der Waals surface area contributed by atoms with E-state index in [0.717, 1.165) is 17.7 Å². The van der Waals surface area contributed by atoms with Crippen LogP contribution in [-0.2, 0) is 17.5 Å². The van der Waals surface area contributed by atoms with Crippen LogP contribution in [0.4, 0.5) is 18.9 Å². The molecular weight excluding hydrogens is 343 g/mol. The van der Waals surface area contributed by atoms with E-state index in [2.05, 4.69) is 5.32 Å². The second kappa shape index (κ2) is 8.39. The van der Waals surface area contributed by atoms with Gasteiger partial charge in [-0.05, 0) is 30.7 Å². The number of amides is 1. The predicted octanol–water partition coefficient (Wildman–Crippen LogP) is 3.72. The van der Waals surface area contributed by atoms with Crippen molar-refractivity contribution in [2.24, 2.45) is 0 Å². The molecule has 0 bridgehead atoms. The average molecular weight is 361 g/mol. The van der Waals surface area contributed by atoms with Crippen molar-refractivity contribution in [3.05, 3.63) is 65.2 Å². The Hall–Kier alpha value is -3.01. The number of anilines is 1. The van der Waals surface area contributed by atoms with Gasteiger partial charge in [-0.1, -0.05) is 30.3 Å². The molecule has 2 rings (SSSR count). The molecule has 2 aromatic carbocycles. The maximum atomic E-state index is 13.1. The third-order valence-corrected chi connectivity index (χ3v) is 3.84. The smallest absolute Gasteiger partial charge is 0.362 e. The molecule has 0 saturated carbocycles. The number of alkyl halides is 3. The van der Waals surface area contributed by atoms with Gasteiger partial charge in [0.1, 0.15) is 0 Å². The summed E-state index contributed by atoms with van der Waals surface area (Å²) in [5, 5.41) is 11.6. The topological polar surface area (TPSA) is 56.1 Å². The zero-order valence-electron chi connectivity index (χ0n) is 14.2. The molecule has 1 N–H and O–H groups in total. The molecule has 1 amide bonds. The number of rotatable bonds is 6. The van der Waals surface area contributed by atoms with E-state index >= 15 is 0 Å². The van der Waals surface area contributed by atoms with Gasteiger partial charge in [0, 0.05) is 18.8 Å². The van der Waals surface area contributed by atoms with Crippen molar-refractivity contribution >= 4 is 11.6 Å². The van der Waals surface area contributed by atoms with Gasteiger partial charge in [-0.25, -0.2) is 0 Å². The summed E-state index contributed by atoms with van der Waals surface area (Å²) in [6, 6.07) is 14.3. The minimum atomic E-state index is -4.63. The van der Waals surface area contributed by atoms with Gasteiger partial charge in [0.25, 0.3) is 0 Å². The second-order valence-corrected chi connectivity index (χ2v) is 5.62. The van der Waals surface area contributed by atoms with Gasteiger partial charge in [0.05, 0.1) is 23.7 Å². The lowest BCUT2D eigenvalue weighted by molar-refractivity contribution is -0.137. The molecule has 0 heterocycles. The molecule has 26 heavy (non-hydrogen) atoms. The number of nitrogens with zero attached hydrogens (tertiary/aromatic N) is 2. The molecule has 0 aromatic heterocycles. The van der Waals surface area contributed by atoms with E-state index in [9.17, 15) is 18.0 Å². The molecule has 0 unspecified atom stereocenters. The highest BCUT2D eigenvalue weighted by Gasteiger charge is 2.34. The van der Waals surface area contributed by atoms with E-state index in [1.807, 2.05) is 30.3 Å². The van der Waals surface area contributed by atoms with Crippen molar-refractivity contribution in [3.63, 3.8) is 0 Å². The third-order valence-electron chi connectivity index (χ3n) is 3.84. The van der Waals surface area contributed by atoms with Crippen LogP contribution in [0.5, 0.6) is 0 Å². The van der Waals surface area contributed by atoms with E-state index in [0.29, 0.717) is 13.1 Å². The number of benzene rings is 2. The zero-order chi connectivity index (χ0) is 19.2. The summed E-state index contributed by atoms with van der Waals surface area (Å²) < 4.78 is 39.3. The predicted molar refractivity (Wildman–Crippen MR) is 92.3 cm³/mol. The number of nitriles is 1. The van der Waals surface area contributed by atoms with E-state index < -0.39 is 17.3 Å². The van der Waals surface area contributed by atoms with Gasteiger partial charge in [-0.2, -0.15) is 18.4 Å². The first-order valence-corrected chi connectivity index (χ1v) is 8.02. The Bertz CT molecular complexity index is 798. The number of likely N-dealkylation sites (N-methyl/N-ethyl adjacent to an activating group) is 1. The van der Waals surface area contributed by atoms with Gasteiger partial charge in [0.2, 0.25) is 5.91 Å².